The Labute approximate surface area is 161 Å². The minimum absolute atomic E-state index is 0.0935. The van der Waals surface area contributed by atoms with Gasteiger partial charge in [-0.05, 0) is 30.3 Å². The van der Waals surface area contributed by atoms with Crippen LogP contribution >= 0.6 is 15.9 Å². The highest BCUT2D eigenvalue weighted by atomic mass is 79.9. The number of para-hydroxylation sites is 1. The van der Waals surface area contributed by atoms with Crippen molar-refractivity contribution in [1.29, 1.82) is 0 Å². The van der Waals surface area contributed by atoms with Crippen LogP contribution in [0.1, 0.15) is 5.56 Å². The van der Waals surface area contributed by atoms with Crippen molar-refractivity contribution in [2.24, 2.45) is 0 Å². The molecule has 0 bridgehead atoms. The summed E-state index contributed by atoms with van der Waals surface area (Å²) in [5, 5.41) is 2.56. The molecule has 2 aromatic carbocycles. The molecule has 138 valence electrons. The summed E-state index contributed by atoms with van der Waals surface area (Å²) in [6.45, 7) is 0.141. The molecule has 0 spiro atoms. The lowest BCUT2D eigenvalue weighted by atomic mass is 10.2. The summed E-state index contributed by atoms with van der Waals surface area (Å²) in [7, 11) is 3.26. The van der Waals surface area contributed by atoms with Gasteiger partial charge in [0.1, 0.15) is 11.5 Å². The summed E-state index contributed by atoms with van der Waals surface area (Å²) >= 11 is 3.41. The van der Waals surface area contributed by atoms with E-state index in [0.29, 0.717) is 18.0 Å². The van der Waals surface area contributed by atoms with Gasteiger partial charge in [0.05, 0.1) is 13.7 Å². The van der Waals surface area contributed by atoms with Gasteiger partial charge in [0.2, 0.25) is 5.91 Å². The Hall–Kier alpha value is -2.54. The van der Waals surface area contributed by atoms with Crippen LogP contribution in [0.5, 0.6) is 11.5 Å². The van der Waals surface area contributed by atoms with Crippen LogP contribution in [0, 0.1) is 0 Å². The lowest BCUT2D eigenvalue weighted by Crippen LogP contribution is -2.39. The number of rotatable bonds is 8. The molecule has 6 nitrogen and oxygen atoms in total. The number of ether oxygens (including phenoxy) is 2. The Kier molecular flexibility index (Phi) is 7.47. The average molecular weight is 421 g/mol. The standard InChI is InChI=1S/C19H21BrN2O4/c1-22(12-14-10-15(20)8-9-17(14)25-2)19(24)11-21-18(23)13-26-16-6-4-3-5-7-16/h3-10H,11-13H2,1-2H3,(H,21,23). The molecule has 26 heavy (non-hydrogen) atoms. The maximum atomic E-state index is 12.2. The van der Waals surface area contributed by atoms with Gasteiger partial charge in [-0.2, -0.15) is 0 Å². The first kappa shape index (κ1) is 19.8. The van der Waals surface area contributed by atoms with Gasteiger partial charge in [0.25, 0.3) is 5.91 Å². The molecule has 0 atom stereocenters. The molecule has 2 aromatic rings. The van der Waals surface area contributed by atoms with Gasteiger partial charge in [-0.25, -0.2) is 0 Å². The third-order valence-corrected chi connectivity index (χ3v) is 4.12. The van der Waals surface area contributed by atoms with Gasteiger partial charge in [-0.1, -0.05) is 34.1 Å². The summed E-state index contributed by atoms with van der Waals surface area (Å²) in [5.74, 6) is 0.747. The topological polar surface area (TPSA) is 67.9 Å². The van der Waals surface area contributed by atoms with Crippen molar-refractivity contribution in [3.05, 3.63) is 58.6 Å². The Morgan fingerprint density at radius 2 is 1.88 bits per heavy atom. The zero-order chi connectivity index (χ0) is 18.9. The Bertz CT molecular complexity index is 752. The molecule has 7 heteroatoms. The van der Waals surface area contributed by atoms with Crippen molar-refractivity contribution in [1.82, 2.24) is 10.2 Å². The van der Waals surface area contributed by atoms with Crippen LogP contribution in [0.3, 0.4) is 0 Å². The lowest BCUT2D eigenvalue weighted by molar-refractivity contribution is -0.132. The first-order valence-corrected chi connectivity index (χ1v) is 8.80. The van der Waals surface area contributed by atoms with Crippen LogP contribution in [0.4, 0.5) is 0 Å². The summed E-state index contributed by atoms with van der Waals surface area (Å²) in [5.41, 5.74) is 0.872. The van der Waals surface area contributed by atoms with Gasteiger partial charge in [0, 0.05) is 23.6 Å². The zero-order valence-electron chi connectivity index (χ0n) is 14.7. The Morgan fingerprint density at radius 3 is 2.58 bits per heavy atom. The Balaban J connectivity index is 1.80. The van der Waals surface area contributed by atoms with E-state index in [4.69, 9.17) is 9.47 Å². The van der Waals surface area contributed by atoms with E-state index in [1.54, 1.807) is 26.3 Å². The normalized spacial score (nSPS) is 10.1. The zero-order valence-corrected chi connectivity index (χ0v) is 16.3. The van der Waals surface area contributed by atoms with E-state index in [9.17, 15) is 9.59 Å². The van der Waals surface area contributed by atoms with Crippen LogP contribution < -0.4 is 14.8 Å². The van der Waals surface area contributed by atoms with Crippen LogP contribution in [0.2, 0.25) is 0 Å². The van der Waals surface area contributed by atoms with Crippen molar-refractivity contribution in [2.45, 2.75) is 6.54 Å². The van der Waals surface area contributed by atoms with Crippen molar-refractivity contribution in [2.75, 3.05) is 27.3 Å². The molecule has 0 aliphatic carbocycles. The van der Waals surface area contributed by atoms with Crippen molar-refractivity contribution < 1.29 is 19.1 Å². The van der Waals surface area contributed by atoms with Gasteiger partial charge in [-0.3, -0.25) is 9.59 Å². The number of carbonyl (C=O) groups excluding carboxylic acids is 2. The van der Waals surface area contributed by atoms with E-state index in [2.05, 4.69) is 21.2 Å². The van der Waals surface area contributed by atoms with Crippen molar-refractivity contribution in [3.8, 4) is 11.5 Å². The highest BCUT2D eigenvalue weighted by molar-refractivity contribution is 9.10. The number of halogens is 1. The molecule has 0 radical (unpaired) electrons. The number of amides is 2. The molecule has 0 saturated heterocycles. The molecule has 1 N–H and O–H groups in total. The number of nitrogens with one attached hydrogen (secondary N) is 1. The number of hydrogen-bond donors (Lipinski definition) is 1. The highest BCUT2D eigenvalue weighted by Gasteiger charge is 2.14. The minimum Gasteiger partial charge on any atom is -0.496 e. The number of nitrogens with zero attached hydrogens (tertiary/aromatic N) is 1. The van der Waals surface area contributed by atoms with Crippen molar-refractivity contribution >= 4 is 27.7 Å². The van der Waals surface area contributed by atoms with Crippen molar-refractivity contribution in [3.63, 3.8) is 0 Å². The molecule has 2 amide bonds. The second-order valence-electron chi connectivity index (χ2n) is 5.58. The lowest BCUT2D eigenvalue weighted by Gasteiger charge is -2.19. The third-order valence-electron chi connectivity index (χ3n) is 3.63. The van der Waals surface area contributed by atoms with Gasteiger partial charge in [-0.15, -0.1) is 0 Å². The third kappa shape index (κ3) is 6.07. The fourth-order valence-corrected chi connectivity index (χ4v) is 2.65. The Morgan fingerprint density at radius 1 is 1.15 bits per heavy atom. The van der Waals surface area contributed by atoms with Gasteiger partial charge < -0.3 is 19.7 Å². The fraction of sp³-hybridized carbons (Fsp3) is 0.263. The summed E-state index contributed by atoms with van der Waals surface area (Å²) in [6, 6.07) is 14.6. The molecular formula is C19H21BrN2O4. The van der Waals surface area contributed by atoms with Gasteiger partial charge >= 0.3 is 0 Å². The molecule has 0 heterocycles. The predicted molar refractivity (Wildman–Crippen MR) is 102 cm³/mol. The van der Waals surface area contributed by atoms with E-state index in [0.717, 1.165) is 10.0 Å². The molecule has 0 aliphatic rings. The van der Waals surface area contributed by atoms with Crippen LogP contribution in [-0.2, 0) is 16.1 Å². The number of benzene rings is 2. The smallest absolute Gasteiger partial charge is 0.258 e. The summed E-state index contributed by atoms with van der Waals surface area (Å²) < 4.78 is 11.6. The second-order valence-corrected chi connectivity index (χ2v) is 6.50. The van der Waals surface area contributed by atoms with Crippen LogP contribution in [0.25, 0.3) is 0 Å². The molecule has 0 fully saturated rings. The van der Waals surface area contributed by atoms with E-state index in [1.807, 2.05) is 36.4 Å². The number of methoxy groups -OCH3 is 1. The molecule has 0 aromatic heterocycles. The second kappa shape index (κ2) is 9.82. The summed E-state index contributed by atoms with van der Waals surface area (Å²) in [4.78, 5) is 25.6. The van der Waals surface area contributed by atoms with E-state index >= 15 is 0 Å². The maximum Gasteiger partial charge on any atom is 0.258 e. The molecule has 0 saturated carbocycles. The quantitative estimate of drug-likeness (QED) is 0.712. The van der Waals surface area contributed by atoms with E-state index < -0.39 is 0 Å². The van der Waals surface area contributed by atoms with Crippen LogP contribution in [0.15, 0.2) is 53.0 Å². The number of carbonyl (C=O) groups is 2. The minimum atomic E-state index is -0.351. The molecule has 0 aliphatic heterocycles. The van der Waals surface area contributed by atoms with Gasteiger partial charge in [0.15, 0.2) is 6.61 Å². The van der Waals surface area contributed by atoms with Crippen LogP contribution in [-0.4, -0.2) is 44.0 Å². The summed E-state index contributed by atoms with van der Waals surface area (Å²) in [6.07, 6.45) is 0. The monoisotopic (exact) mass is 420 g/mol. The molecule has 2 rings (SSSR count). The average Bonchev–Trinajstić information content (AvgIpc) is 2.65. The largest absolute Gasteiger partial charge is 0.496 e. The predicted octanol–water partition coefficient (Wildman–Crippen LogP) is 2.61. The first-order chi connectivity index (χ1) is 12.5. The number of likely N-dealkylation sites (N-methyl/N-ethyl adjacent to an activating group) is 1. The highest BCUT2D eigenvalue weighted by Crippen LogP contribution is 2.24. The van der Waals surface area contributed by atoms with E-state index in [1.165, 1.54) is 4.90 Å². The maximum absolute atomic E-state index is 12.2. The van der Waals surface area contributed by atoms with E-state index in [-0.39, 0.29) is 25.0 Å². The fourth-order valence-electron chi connectivity index (χ4n) is 2.24. The number of hydrogen-bond acceptors (Lipinski definition) is 4. The molecular weight excluding hydrogens is 400 g/mol. The molecule has 0 unspecified atom stereocenters. The SMILES string of the molecule is COc1ccc(Br)cc1CN(C)C(=O)CNC(=O)COc1ccccc1. The first-order valence-electron chi connectivity index (χ1n) is 8.00.